The summed E-state index contributed by atoms with van der Waals surface area (Å²) in [7, 11) is 0. The predicted octanol–water partition coefficient (Wildman–Crippen LogP) is 9.05. The largest absolute Gasteiger partial charge is 0.491 e. The third-order valence-electron chi connectivity index (χ3n) is 9.46. The molecule has 2 saturated heterocycles. The Labute approximate surface area is 287 Å². The standard InChI is InChI=1S/C43H50N2O3/c1-5-44(6-2)37-20-14-34(15-21-37)43(35-16-22-38(23-17-35)45(7-3)8-4)28-27-42(33-12-9-32(10-13-33)11-24-40-29-47-40)36-18-25-39(26-19-36)46-30-41-31-48-41/h9-10,12-23,25-28,40-41H,5-8,11,24,29-31H2,1-4H3/t40-,41?/m0/s1. The van der Waals surface area contributed by atoms with Crippen molar-refractivity contribution in [3.05, 3.63) is 137 Å². The molecule has 4 aromatic rings. The van der Waals surface area contributed by atoms with E-state index >= 15 is 0 Å². The van der Waals surface area contributed by atoms with Gasteiger partial charge >= 0.3 is 0 Å². The molecule has 0 saturated carbocycles. The Balaban J connectivity index is 1.38. The second-order valence-corrected chi connectivity index (χ2v) is 12.6. The molecule has 5 heteroatoms. The second-order valence-electron chi connectivity index (χ2n) is 12.6. The van der Waals surface area contributed by atoms with E-state index in [4.69, 9.17) is 14.2 Å². The molecule has 1 unspecified atom stereocenters. The van der Waals surface area contributed by atoms with E-state index in [1.807, 2.05) is 0 Å². The Morgan fingerprint density at radius 2 is 0.979 bits per heavy atom. The lowest BCUT2D eigenvalue weighted by Crippen LogP contribution is -2.21. The Morgan fingerprint density at radius 3 is 1.38 bits per heavy atom. The van der Waals surface area contributed by atoms with Gasteiger partial charge in [-0.2, -0.15) is 0 Å². The van der Waals surface area contributed by atoms with Gasteiger partial charge in [0.2, 0.25) is 0 Å². The molecule has 2 atom stereocenters. The summed E-state index contributed by atoms with van der Waals surface area (Å²) in [6, 6.07) is 35.6. The van der Waals surface area contributed by atoms with Gasteiger partial charge in [0.15, 0.2) is 0 Å². The van der Waals surface area contributed by atoms with Gasteiger partial charge in [-0.05, 0) is 116 Å². The van der Waals surface area contributed by atoms with Crippen molar-refractivity contribution in [1.29, 1.82) is 0 Å². The van der Waals surface area contributed by atoms with Crippen LogP contribution in [0.2, 0.25) is 0 Å². The number of nitrogens with zero attached hydrogens (tertiary/aromatic N) is 2. The minimum Gasteiger partial charge on any atom is -0.491 e. The van der Waals surface area contributed by atoms with Crippen LogP contribution in [0.5, 0.6) is 5.75 Å². The molecule has 6 rings (SSSR count). The van der Waals surface area contributed by atoms with Gasteiger partial charge in [-0.25, -0.2) is 0 Å². The number of hydrogen-bond donors (Lipinski definition) is 0. The number of allylic oxidation sites excluding steroid dienone is 2. The highest BCUT2D eigenvalue weighted by atomic mass is 16.6. The van der Waals surface area contributed by atoms with Crippen LogP contribution in [0.3, 0.4) is 0 Å². The smallest absolute Gasteiger partial charge is 0.119 e. The number of aryl methyl sites for hydroxylation is 1. The van der Waals surface area contributed by atoms with E-state index < -0.39 is 0 Å². The lowest BCUT2D eigenvalue weighted by atomic mass is 9.93. The van der Waals surface area contributed by atoms with Crippen molar-refractivity contribution in [3.63, 3.8) is 0 Å². The Morgan fingerprint density at radius 1 is 0.583 bits per heavy atom. The second kappa shape index (κ2) is 16.2. The number of benzene rings is 4. The van der Waals surface area contributed by atoms with Gasteiger partial charge in [0.1, 0.15) is 18.5 Å². The lowest BCUT2D eigenvalue weighted by molar-refractivity contribution is 0.263. The van der Waals surface area contributed by atoms with Crippen LogP contribution in [0.25, 0.3) is 11.1 Å². The molecule has 2 heterocycles. The zero-order chi connectivity index (χ0) is 33.3. The highest BCUT2D eigenvalue weighted by Crippen LogP contribution is 2.31. The first kappa shape index (κ1) is 33.6. The van der Waals surface area contributed by atoms with E-state index in [9.17, 15) is 0 Å². The third-order valence-corrected chi connectivity index (χ3v) is 9.46. The number of rotatable bonds is 17. The lowest BCUT2D eigenvalue weighted by Gasteiger charge is -2.22. The van der Waals surface area contributed by atoms with E-state index in [-0.39, 0.29) is 6.10 Å². The van der Waals surface area contributed by atoms with Crippen LogP contribution in [0.4, 0.5) is 11.4 Å². The van der Waals surface area contributed by atoms with Gasteiger partial charge in [0.25, 0.3) is 0 Å². The first-order valence-corrected chi connectivity index (χ1v) is 17.8. The molecule has 0 spiro atoms. The molecule has 0 aromatic heterocycles. The van der Waals surface area contributed by atoms with Crippen molar-refractivity contribution in [2.24, 2.45) is 0 Å². The molecule has 2 aliphatic heterocycles. The molecule has 2 aliphatic rings. The van der Waals surface area contributed by atoms with E-state index in [2.05, 4.69) is 147 Å². The van der Waals surface area contributed by atoms with Gasteiger partial charge in [-0.1, -0.05) is 72.8 Å². The maximum Gasteiger partial charge on any atom is 0.119 e. The van der Waals surface area contributed by atoms with E-state index in [1.54, 1.807) is 0 Å². The summed E-state index contributed by atoms with van der Waals surface area (Å²) in [5.74, 6) is 0.865. The number of epoxide rings is 2. The Bertz CT molecular complexity index is 1520. The molecule has 0 N–H and O–H groups in total. The van der Waals surface area contributed by atoms with Gasteiger partial charge in [-0.15, -0.1) is 0 Å². The van der Waals surface area contributed by atoms with Crippen LogP contribution in [-0.4, -0.2) is 58.2 Å². The van der Waals surface area contributed by atoms with Crippen molar-refractivity contribution < 1.29 is 14.2 Å². The normalized spacial score (nSPS) is 16.7. The first-order valence-electron chi connectivity index (χ1n) is 17.8. The van der Waals surface area contributed by atoms with Gasteiger partial charge in [-0.3, -0.25) is 0 Å². The average molecular weight is 643 g/mol. The topological polar surface area (TPSA) is 40.8 Å². The summed E-state index contributed by atoms with van der Waals surface area (Å²) in [5.41, 5.74) is 10.9. The summed E-state index contributed by atoms with van der Waals surface area (Å²) in [6.45, 7) is 15.1. The Kier molecular flexibility index (Phi) is 11.3. The Hall–Kier alpha value is -4.32. The molecule has 0 aliphatic carbocycles. The summed E-state index contributed by atoms with van der Waals surface area (Å²) < 4.78 is 16.7. The van der Waals surface area contributed by atoms with Crippen molar-refractivity contribution in [2.75, 3.05) is 55.8 Å². The monoisotopic (exact) mass is 642 g/mol. The minimum atomic E-state index is 0.232. The van der Waals surface area contributed by atoms with Crippen molar-refractivity contribution in [1.82, 2.24) is 0 Å². The SMILES string of the molecule is CCN(CC)c1ccc(C(=CC=C(c2ccc(CC[C@H]3CO3)cc2)c2ccc(OCC3CO3)cc2)c2ccc(N(CC)CC)cc2)cc1. The van der Waals surface area contributed by atoms with Crippen LogP contribution in [0.1, 0.15) is 61.9 Å². The van der Waals surface area contributed by atoms with Crippen LogP contribution >= 0.6 is 0 Å². The zero-order valence-corrected chi connectivity index (χ0v) is 29.0. The maximum absolute atomic E-state index is 5.96. The number of hydrogen-bond acceptors (Lipinski definition) is 5. The number of ether oxygens (including phenoxy) is 3. The van der Waals surface area contributed by atoms with Gasteiger partial charge in [0.05, 0.1) is 19.3 Å². The summed E-state index contributed by atoms with van der Waals surface area (Å²) in [6.07, 6.45) is 7.38. The van der Waals surface area contributed by atoms with Gasteiger partial charge < -0.3 is 24.0 Å². The van der Waals surface area contributed by atoms with Crippen LogP contribution in [0, 0.1) is 0 Å². The van der Waals surface area contributed by atoms with Crippen LogP contribution in [-0.2, 0) is 15.9 Å². The molecule has 5 nitrogen and oxygen atoms in total. The molecule has 48 heavy (non-hydrogen) atoms. The predicted molar refractivity (Wildman–Crippen MR) is 200 cm³/mol. The summed E-state index contributed by atoms with van der Waals surface area (Å²) in [4.78, 5) is 4.77. The molecule has 2 fully saturated rings. The molecular weight excluding hydrogens is 592 g/mol. The summed E-state index contributed by atoms with van der Waals surface area (Å²) >= 11 is 0. The van der Waals surface area contributed by atoms with Gasteiger partial charge in [0, 0.05) is 37.6 Å². The molecule has 0 bridgehead atoms. The highest BCUT2D eigenvalue weighted by Gasteiger charge is 2.23. The fraction of sp³-hybridized carbons (Fsp3) is 0.349. The molecule has 4 aromatic carbocycles. The zero-order valence-electron chi connectivity index (χ0n) is 29.0. The van der Waals surface area contributed by atoms with Crippen molar-refractivity contribution in [3.8, 4) is 5.75 Å². The number of anilines is 2. The minimum absolute atomic E-state index is 0.232. The summed E-state index contributed by atoms with van der Waals surface area (Å²) in [5, 5.41) is 0. The first-order chi connectivity index (χ1) is 23.6. The molecule has 250 valence electrons. The molecular formula is C43H50N2O3. The van der Waals surface area contributed by atoms with Crippen LogP contribution < -0.4 is 14.5 Å². The highest BCUT2D eigenvalue weighted by molar-refractivity contribution is 5.87. The van der Waals surface area contributed by atoms with E-state index in [0.29, 0.717) is 12.7 Å². The van der Waals surface area contributed by atoms with Crippen LogP contribution in [0.15, 0.2) is 109 Å². The van der Waals surface area contributed by atoms with Crippen molar-refractivity contribution >= 4 is 22.5 Å². The quantitative estimate of drug-likeness (QED) is 0.0849. The molecule has 0 radical (unpaired) electrons. The average Bonchev–Trinajstić information content (AvgIpc) is 4.08. The maximum atomic E-state index is 5.96. The van der Waals surface area contributed by atoms with Crippen molar-refractivity contribution in [2.45, 2.75) is 52.7 Å². The van der Waals surface area contributed by atoms with E-state index in [1.165, 1.54) is 44.8 Å². The fourth-order valence-electron chi connectivity index (χ4n) is 6.26. The fourth-order valence-corrected chi connectivity index (χ4v) is 6.26. The van der Waals surface area contributed by atoms with E-state index in [0.717, 1.165) is 63.5 Å². The molecule has 0 amide bonds. The third kappa shape index (κ3) is 8.77.